The van der Waals surface area contributed by atoms with Gasteiger partial charge in [-0.3, -0.25) is 4.72 Å². The predicted octanol–water partition coefficient (Wildman–Crippen LogP) is 3.28. The van der Waals surface area contributed by atoms with E-state index in [1.165, 1.54) is 0 Å². The molecule has 0 saturated carbocycles. The van der Waals surface area contributed by atoms with Crippen molar-refractivity contribution in [2.75, 3.05) is 37.7 Å². The first kappa shape index (κ1) is 22.8. The number of anilines is 1. The van der Waals surface area contributed by atoms with Gasteiger partial charge < -0.3 is 14.7 Å². The zero-order chi connectivity index (χ0) is 20.7. The number of hydrogen-bond donors (Lipinski definition) is 2. The molecule has 0 aliphatic carbocycles. The van der Waals surface area contributed by atoms with Crippen LogP contribution in [-0.2, 0) is 16.4 Å². The molecule has 0 radical (unpaired) electrons. The lowest BCUT2D eigenvalue weighted by atomic mass is 10.1. The fourth-order valence-electron chi connectivity index (χ4n) is 2.54. The monoisotopic (exact) mass is 446 g/mol. The first-order valence-corrected chi connectivity index (χ1v) is 11.3. The topological polar surface area (TPSA) is 78.9 Å². The molecule has 0 fully saturated rings. The van der Waals surface area contributed by atoms with Gasteiger partial charge in [-0.25, -0.2) is 8.42 Å². The van der Waals surface area contributed by atoms with Gasteiger partial charge in [0.05, 0.1) is 16.3 Å². The fraction of sp³-hybridized carbons (Fsp3) is 0.368. The summed E-state index contributed by atoms with van der Waals surface area (Å²) in [4.78, 5) is 2.01. The normalized spacial score (nSPS) is 12.8. The average molecular weight is 447 g/mol. The minimum Gasteiger partial charge on any atom is -0.491 e. The molecule has 2 N–H and O–H groups in total. The van der Waals surface area contributed by atoms with E-state index in [0.717, 1.165) is 24.8 Å². The van der Waals surface area contributed by atoms with Crippen LogP contribution in [0.15, 0.2) is 42.5 Å². The first-order chi connectivity index (χ1) is 13.1. The predicted molar refractivity (Wildman–Crippen MR) is 114 cm³/mol. The number of halogens is 2. The summed E-state index contributed by atoms with van der Waals surface area (Å²) in [5.74, 6) is 0.552. The van der Waals surface area contributed by atoms with E-state index in [1.807, 2.05) is 24.1 Å². The molecule has 6 nitrogen and oxygen atoms in total. The van der Waals surface area contributed by atoms with E-state index in [2.05, 4.69) is 4.72 Å². The number of likely N-dealkylation sites (N-methyl/N-ethyl adjacent to an activating group) is 1. The molecule has 0 unspecified atom stereocenters. The molecular formula is C19H24Cl2N2O4S. The Bertz CT molecular complexity index is 876. The molecule has 0 aliphatic rings. The standard InChI is InChI=1S/C19H24Cl2N2O4S/c1-23(10-9-14-3-8-18(20)19(21)11-14)12-16(24)13-27-17-6-4-15(5-7-17)22-28(2,25)26/h3-8,11,16,22,24H,9-10,12-13H2,1-2H3/t16-/m1/s1. The second-order valence-electron chi connectivity index (χ2n) is 6.62. The summed E-state index contributed by atoms with van der Waals surface area (Å²) in [7, 11) is -1.39. The molecule has 0 amide bonds. The van der Waals surface area contributed by atoms with Crippen LogP contribution in [0.25, 0.3) is 0 Å². The van der Waals surface area contributed by atoms with Crippen LogP contribution in [-0.4, -0.2) is 57.5 Å². The molecule has 154 valence electrons. The summed E-state index contributed by atoms with van der Waals surface area (Å²) < 4.78 is 30.3. The molecule has 0 heterocycles. The van der Waals surface area contributed by atoms with E-state index in [9.17, 15) is 13.5 Å². The zero-order valence-electron chi connectivity index (χ0n) is 15.7. The van der Waals surface area contributed by atoms with Crippen molar-refractivity contribution in [3.05, 3.63) is 58.1 Å². The van der Waals surface area contributed by atoms with E-state index in [4.69, 9.17) is 27.9 Å². The fourth-order valence-corrected chi connectivity index (χ4v) is 3.43. The summed E-state index contributed by atoms with van der Waals surface area (Å²) in [6.07, 6.45) is 1.22. The SMILES string of the molecule is CN(CCc1ccc(Cl)c(Cl)c1)C[C@@H](O)COc1ccc(NS(C)(=O)=O)cc1. The van der Waals surface area contributed by atoms with E-state index >= 15 is 0 Å². The quantitative estimate of drug-likeness (QED) is 0.585. The second-order valence-corrected chi connectivity index (χ2v) is 9.19. The number of nitrogens with one attached hydrogen (secondary N) is 1. The molecule has 0 saturated heterocycles. The summed E-state index contributed by atoms with van der Waals surface area (Å²) in [6, 6.07) is 12.1. The minimum atomic E-state index is -3.31. The lowest BCUT2D eigenvalue weighted by molar-refractivity contribution is 0.0767. The number of hydrogen-bond acceptors (Lipinski definition) is 5. The highest BCUT2D eigenvalue weighted by Gasteiger charge is 2.10. The highest BCUT2D eigenvalue weighted by atomic mass is 35.5. The van der Waals surface area contributed by atoms with Gasteiger partial charge >= 0.3 is 0 Å². The van der Waals surface area contributed by atoms with Crippen molar-refractivity contribution in [3.63, 3.8) is 0 Å². The Morgan fingerprint density at radius 3 is 2.43 bits per heavy atom. The van der Waals surface area contributed by atoms with E-state index in [0.29, 0.717) is 28.0 Å². The van der Waals surface area contributed by atoms with Gasteiger partial charge in [0.15, 0.2) is 0 Å². The van der Waals surface area contributed by atoms with E-state index in [-0.39, 0.29) is 6.61 Å². The minimum absolute atomic E-state index is 0.135. The highest BCUT2D eigenvalue weighted by Crippen LogP contribution is 2.23. The van der Waals surface area contributed by atoms with Crippen LogP contribution in [0, 0.1) is 0 Å². The lowest BCUT2D eigenvalue weighted by Crippen LogP contribution is -2.34. The number of rotatable bonds is 10. The second kappa shape index (κ2) is 10.3. The van der Waals surface area contributed by atoms with Crippen LogP contribution in [0.1, 0.15) is 5.56 Å². The smallest absolute Gasteiger partial charge is 0.229 e. The van der Waals surface area contributed by atoms with Gasteiger partial charge in [-0.15, -0.1) is 0 Å². The third-order valence-electron chi connectivity index (χ3n) is 3.89. The largest absolute Gasteiger partial charge is 0.491 e. The summed E-state index contributed by atoms with van der Waals surface area (Å²) in [5, 5.41) is 11.2. The molecule has 0 spiro atoms. The van der Waals surface area contributed by atoms with Gasteiger partial charge in [0.1, 0.15) is 18.5 Å². The van der Waals surface area contributed by atoms with Crippen LogP contribution in [0.5, 0.6) is 5.75 Å². The Morgan fingerprint density at radius 1 is 1.14 bits per heavy atom. The molecule has 2 rings (SSSR count). The van der Waals surface area contributed by atoms with Gasteiger partial charge in [0, 0.05) is 18.8 Å². The Labute approximate surface area is 176 Å². The third kappa shape index (κ3) is 8.24. The van der Waals surface area contributed by atoms with Gasteiger partial charge in [-0.2, -0.15) is 0 Å². The number of aliphatic hydroxyl groups is 1. The molecule has 0 bridgehead atoms. The maximum Gasteiger partial charge on any atom is 0.229 e. The van der Waals surface area contributed by atoms with Crippen molar-refractivity contribution in [1.82, 2.24) is 4.90 Å². The average Bonchev–Trinajstić information content (AvgIpc) is 2.61. The number of nitrogens with zero attached hydrogens (tertiary/aromatic N) is 1. The zero-order valence-corrected chi connectivity index (χ0v) is 18.1. The van der Waals surface area contributed by atoms with E-state index < -0.39 is 16.1 Å². The van der Waals surface area contributed by atoms with Crippen LogP contribution in [0.4, 0.5) is 5.69 Å². The van der Waals surface area contributed by atoms with E-state index in [1.54, 1.807) is 30.3 Å². The molecule has 0 aromatic heterocycles. The van der Waals surface area contributed by atoms with Crippen LogP contribution >= 0.6 is 23.2 Å². The molecule has 2 aromatic carbocycles. The molecule has 28 heavy (non-hydrogen) atoms. The lowest BCUT2D eigenvalue weighted by Gasteiger charge is -2.21. The van der Waals surface area contributed by atoms with Gasteiger partial charge in [0.2, 0.25) is 10.0 Å². The maximum absolute atomic E-state index is 11.2. The summed E-state index contributed by atoms with van der Waals surface area (Å²) in [6.45, 7) is 1.34. The molecule has 2 aromatic rings. The van der Waals surface area contributed by atoms with Gasteiger partial charge in [-0.1, -0.05) is 29.3 Å². The van der Waals surface area contributed by atoms with Crippen LogP contribution < -0.4 is 9.46 Å². The molecule has 0 aliphatic heterocycles. The first-order valence-electron chi connectivity index (χ1n) is 8.63. The molecule has 1 atom stereocenters. The Kier molecular flexibility index (Phi) is 8.39. The van der Waals surface area contributed by atoms with Crippen molar-refractivity contribution in [2.24, 2.45) is 0 Å². The van der Waals surface area contributed by atoms with Crippen molar-refractivity contribution in [1.29, 1.82) is 0 Å². The third-order valence-corrected chi connectivity index (χ3v) is 5.23. The van der Waals surface area contributed by atoms with Crippen LogP contribution in [0.3, 0.4) is 0 Å². The Morgan fingerprint density at radius 2 is 1.82 bits per heavy atom. The maximum atomic E-state index is 11.2. The number of sulfonamides is 1. The van der Waals surface area contributed by atoms with Crippen LogP contribution in [0.2, 0.25) is 10.0 Å². The molecular weight excluding hydrogens is 423 g/mol. The van der Waals surface area contributed by atoms with Crippen molar-refractivity contribution in [2.45, 2.75) is 12.5 Å². The summed E-state index contributed by atoms with van der Waals surface area (Å²) in [5.41, 5.74) is 1.53. The highest BCUT2D eigenvalue weighted by molar-refractivity contribution is 7.92. The number of aliphatic hydroxyl groups excluding tert-OH is 1. The number of benzene rings is 2. The van der Waals surface area contributed by atoms with Crippen molar-refractivity contribution in [3.8, 4) is 5.75 Å². The van der Waals surface area contributed by atoms with Gasteiger partial charge in [-0.05, 0) is 55.4 Å². The van der Waals surface area contributed by atoms with Crippen molar-refractivity contribution < 1.29 is 18.3 Å². The molecule has 9 heteroatoms. The van der Waals surface area contributed by atoms with Gasteiger partial charge in [0.25, 0.3) is 0 Å². The Balaban J connectivity index is 1.73. The number of ether oxygens (including phenoxy) is 1. The van der Waals surface area contributed by atoms with Crippen molar-refractivity contribution >= 4 is 38.9 Å². The Hall–Kier alpha value is -1.51. The summed E-state index contributed by atoms with van der Waals surface area (Å²) >= 11 is 11.9.